The third-order valence-electron chi connectivity index (χ3n) is 8.94. The molecule has 1 fully saturated rings. The number of amides is 1. The van der Waals surface area contributed by atoms with Gasteiger partial charge in [-0.3, -0.25) is 0 Å². The Bertz CT molecular complexity index is 2150. The third-order valence-corrected chi connectivity index (χ3v) is 9.11. The molecule has 1 aliphatic rings. The molecule has 246 valence electrons. The maximum absolute atomic E-state index is 13.1. The Morgan fingerprint density at radius 3 is 2.39 bits per heavy atom. The predicted molar refractivity (Wildman–Crippen MR) is 191 cm³/mol. The number of piperazine rings is 1. The smallest absolute Gasteiger partial charge is 0.410 e. The molecule has 3 heterocycles. The van der Waals surface area contributed by atoms with E-state index in [1.54, 1.807) is 4.90 Å². The van der Waals surface area contributed by atoms with Crippen LogP contribution in [0.25, 0.3) is 21.8 Å². The highest BCUT2D eigenvalue weighted by molar-refractivity contribution is 6.28. The Kier molecular flexibility index (Phi) is 9.31. The molecule has 1 amide bonds. The molecule has 0 radical (unpaired) electrons. The van der Waals surface area contributed by atoms with Crippen molar-refractivity contribution < 1.29 is 14.3 Å². The molecular formula is C39H35ClN6O3. The molecule has 0 spiro atoms. The van der Waals surface area contributed by atoms with Crippen LogP contribution in [0.15, 0.2) is 103 Å². The molecule has 0 unspecified atom stereocenters. The van der Waals surface area contributed by atoms with Crippen LogP contribution in [0.5, 0.6) is 5.75 Å². The normalized spacial score (nSPS) is 14.6. The standard InChI is InChI=1S/C39H35ClN6O3/c1-44-23-31(20-30-22-33(21-29-14-8-9-15-34(29)30)48-25-27-10-4-2-5-11-27)35-36(44)37(43-38(40)42-35)45-18-19-46(32(24-45)16-17-41)39(47)49-26-28-12-6-3-7-13-28/h2-15,21-23,32H,16,18-20,24-26H2,1H3/t32-/m0/s1. The molecule has 1 atom stereocenters. The van der Waals surface area contributed by atoms with Gasteiger partial charge in [0.05, 0.1) is 24.0 Å². The molecule has 10 heteroatoms. The number of fused-ring (bicyclic) bond motifs is 2. The lowest BCUT2D eigenvalue weighted by atomic mass is 9.98. The number of nitriles is 1. The number of hydrogen-bond donors (Lipinski definition) is 0. The quantitative estimate of drug-likeness (QED) is 0.146. The van der Waals surface area contributed by atoms with E-state index >= 15 is 0 Å². The van der Waals surface area contributed by atoms with E-state index in [9.17, 15) is 10.1 Å². The van der Waals surface area contributed by atoms with Crippen molar-refractivity contribution in [1.82, 2.24) is 19.4 Å². The third kappa shape index (κ3) is 7.01. The molecule has 7 rings (SSSR count). The van der Waals surface area contributed by atoms with E-state index in [2.05, 4.69) is 58.5 Å². The number of rotatable bonds is 9. The summed E-state index contributed by atoms with van der Waals surface area (Å²) in [6.07, 6.45) is 2.41. The number of benzene rings is 4. The summed E-state index contributed by atoms with van der Waals surface area (Å²) in [5.74, 6) is 1.48. The zero-order valence-electron chi connectivity index (χ0n) is 27.1. The molecule has 2 aromatic heterocycles. The number of carbonyl (C=O) groups excluding carboxylic acids is 1. The summed E-state index contributed by atoms with van der Waals surface area (Å²) < 4.78 is 13.9. The van der Waals surface area contributed by atoms with Gasteiger partial charge in [0.25, 0.3) is 0 Å². The number of carbonyl (C=O) groups is 1. The van der Waals surface area contributed by atoms with Crippen molar-refractivity contribution in [2.24, 2.45) is 7.05 Å². The topological polar surface area (TPSA) is 96.5 Å². The SMILES string of the molecule is Cn1cc(Cc2cc(OCc3ccccc3)cc3ccccc23)c2nc(Cl)nc(N3CCN(C(=O)OCc4ccccc4)[C@@H](CC#N)C3)c21. The van der Waals surface area contributed by atoms with Gasteiger partial charge >= 0.3 is 6.09 Å². The zero-order valence-corrected chi connectivity index (χ0v) is 27.9. The summed E-state index contributed by atoms with van der Waals surface area (Å²) >= 11 is 6.61. The molecule has 6 aromatic rings. The minimum absolute atomic E-state index is 0.140. The largest absolute Gasteiger partial charge is 0.489 e. The average Bonchev–Trinajstić information content (AvgIpc) is 3.44. The molecule has 1 saturated heterocycles. The fraction of sp³-hybridized carbons (Fsp3) is 0.231. The van der Waals surface area contributed by atoms with Crippen LogP contribution in [0.2, 0.25) is 5.28 Å². The Morgan fingerprint density at radius 2 is 1.63 bits per heavy atom. The van der Waals surface area contributed by atoms with Crippen molar-refractivity contribution >= 4 is 45.3 Å². The van der Waals surface area contributed by atoms with E-state index < -0.39 is 6.09 Å². The second kappa shape index (κ2) is 14.3. The Labute approximate surface area is 289 Å². The van der Waals surface area contributed by atoms with Gasteiger partial charge in [0.1, 0.15) is 24.5 Å². The van der Waals surface area contributed by atoms with Gasteiger partial charge in [0.15, 0.2) is 5.82 Å². The molecule has 49 heavy (non-hydrogen) atoms. The molecule has 0 aliphatic carbocycles. The van der Waals surface area contributed by atoms with E-state index in [1.807, 2.05) is 72.3 Å². The number of aryl methyl sites for hydroxylation is 1. The number of ether oxygens (including phenoxy) is 2. The first-order chi connectivity index (χ1) is 24.0. The minimum Gasteiger partial charge on any atom is -0.489 e. The Morgan fingerprint density at radius 1 is 0.918 bits per heavy atom. The van der Waals surface area contributed by atoms with Crippen molar-refractivity contribution in [3.63, 3.8) is 0 Å². The Hall–Kier alpha value is -5.59. The van der Waals surface area contributed by atoms with Crippen molar-refractivity contribution in [2.75, 3.05) is 24.5 Å². The number of hydrogen-bond acceptors (Lipinski definition) is 7. The lowest BCUT2D eigenvalue weighted by molar-refractivity contribution is 0.0768. The first-order valence-electron chi connectivity index (χ1n) is 16.3. The highest BCUT2D eigenvalue weighted by atomic mass is 35.5. The second-order valence-corrected chi connectivity index (χ2v) is 12.6. The predicted octanol–water partition coefficient (Wildman–Crippen LogP) is 7.69. The molecule has 1 aliphatic heterocycles. The monoisotopic (exact) mass is 670 g/mol. The lowest BCUT2D eigenvalue weighted by Gasteiger charge is -2.40. The van der Waals surface area contributed by atoms with Gasteiger partial charge in [-0.15, -0.1) is 0 Å². The first-order valence-corrected chi connectivity index (χ1v) is 16.6. The van der Waals surface area contributed by atoms with E-state index in [0.717, 1.165) is 49.8 Å². The lowest BCUT2D eigenvalue weighted by Crippen LogP contribution is -2.55. The fourth-order valence-corrected chi connectivity index (χ4v) is 6.74. The van der Waals surface area contributed by atoms with Crippen LogP contribution in [-0.2, 0) is 31.4 Å². The molecule has 0 bridgehead atoms. The maximum Gasteiger partial charge on any atom is 0.410 e. The van der Waals surface area contributed by atoms with Crippen molar-refractivity contribution in [3.8, 4) is 11.8 Å². The zero-order chi connectivity index (χ0) is 33.7. The van der Waals surface area contributed by atoms with Gasteiger partial charge in [0.2, 0.25) is 5.28 Å². The number of anilines is 1. The summed E-state index contributed by atoms with van der Waals surface area (Å²) in [7, 11) is 1.98. The molecule has 0 saturated carbocycles. The van der Waals surface area contributed by atoms with E-state index in [1.165, 1.54) is 0 Å². The van der Waals surface area contributed by atoms with Crippen LogP contribution in [0.4, 0.5) is 10.6 Å². The second-order valence-electron chi connectivity index (χ2n) is 12.2. The number of nitrogens with zero attached hydrogens (tertiary/aromatic N) is 6. The highest BCUT2D eigenvalue weighted by Gasteiger charge is 2.33. The Balaban J connectivity index is 1.16. The molecule has 0 N–H and O–H groups in total. The minimum atomic E-state index is -0.432. The van der Waals surface area contributed by atoms with E-state index in [-0.39, 0.29) is 24.4 Å². The van der Waals surface area contributed by atoms with Crippen molar-refractivity contribution in [3.05, 3.63) is 131 Å². The van der Waals surface area contributed by atoms with E-state index in [4.69, 9.17) is 26.1 Å². The highest BCUT2D eigenvalue weighted by Crippen LogP contribution is 2.34. The van der Waals surface area contributed by atoms with Crippen LogP contribution in [0, 0.1) is 11.3 Å². The summed E-state index contributed by atoms with van der Waals surface area (Å²) in [6, 6.07) is 34.1. The van der Waals surface area contributed by atoms with Crippen LogP contribution in [-0.4, -0.2) is 51.2 Å². The molecule has 9 nitrogen and oxygen atoms in total. The summed E-state index contributed by atoms with van der Waals surface area (Å²) in [6.45, 7) is 1.93. The van der Waals surface area contributed by atoms with Crippen LogP contribution < -0.4 is 9.64 Å². The van der Waals surface area contributed by atoms with Gasteiger partial charge in [-0.25, -0.2) is 9.78 Å². The van der Waals surface area contributed by atoms with Gasteiger partial charge in [-0.2, -0.15) is 10.2 Å². The summed E-state index contributed by atoms with van der Waals surface area (Å²) in [4.78, 5) is 26.3. The van der Waals surface area contributed by atoms with Crippen LogP contribution in [0.1, 0.15) is 28.7 Å². The van der Waals surface area contributed by atoms with Gasteiger partial charge in [-0.05, 0) is 51.2 Å². The van der Waals surface area contributed by atoms with Gasteiger partial charge < -0.3 is 23.8 Å². The van der Waals surface area contributed by atoms with Gasteiger partial charge in [-0.1, -0.05) is 84.9 Å². The van der Waals surface area contributed by atoms with Crippen molar-refractivity contribution in [2.45, 2.75) is 32.1 Å². The fourth-order valence-electron chi connectivity index (χ4n) is 6.58. The first kappa shape index (κ1) is 32.0. The molecule has 4 aromatic carbocycles. The summed E-state index contributed by atoms with van der Waals surface area (Å²) in [5.41, 5.74) is 5.73. The van der Waals surface area contributed by atoms with Crippen molar-refractivity contribution in [1.29, 1.82) is 5.26 Å². The van der Waals surface area contributed by atoms with Crippen LogP contribution in [0.3, 0.4) is 0 Å². The number of halogens is 1. The average molecular weight is 671 g/mol. The van der Waals surface area contributed by atoms with Gasteiger partial charge in [0, 0.05) is 44.9 Å². The van der Waals surface area contributed by atoms with Crippen LogP contribution >= 0.6 is 11.6 Å². The number of aromatic nitrogens is 3. The summed E-state index contributed by atoms with van der Waals surface area (Å²) in [5, 5.41) is 12.0. The van der Waals surface area contributed by atoms with E-state index in [0.29, 0.717) is 38.5 Å². The maximum atomic E-state index is 13.1. The molecular weight excluding hydrogens is 636 g/mol.